The van der Waals surface area contributed by atoms with Crippen molar-refractivity contribution in [3.8, 4) is 0 Å². The van der Waals surface area contributed by atoms with Crippen LogP contribution in [-0.2, 0) is 27.5 Å². The number of nitrogens with two attached hydrogens (primary N) is 1. The van der Waals surface area contributed by atoms with Gasteiger partial charge in [-0.1, -0.05) is 31.5 Å². The summed E-state index contributed by atoms with van der Waals surface area (Å²) in [5.74, 6) is -2.65. The summed E-state index contributed by atoms with van der Waals surface area (Å²) in [4.78, 5) is 36.0. The van der Waals surface area contributed by atoms with E-state index in [2.05, 4.69) is 19.2 Å². The van der Waals surface area contributed by atoms with E-state index in [4.69, 9.17) is 27.2 Å². The highest BCUT2D eigenvalue weighted by Gasteiger charge is 2.53. The Balaban J connectivity index is 0.000000451. The van der Waals surface area contributed by atoms with Crippen LogP contribution in [0.1, 0.15) is 44.2 Å². The van der Waals surface area contributed by atoms with Crippen molar-refractivity contribution in [3.05, 3.63) is 34.3 Å². The summed E-state index contributed by atoms with van der Waals surface area (Å²) in [7, 11) is 0. The van der Waals surface area contributed by atoms with Gasteiger partial charge < -0.3 is 21.1 Å². The van der Waals surface area contributed by atoms with Crippen molar-refractivity contribution < 1.29 is 32.7 Å². The Kier molecular flexibility index (Phi) is 8.17. The number of nitrogens with one attached hydrogen (secondary N) is 1. The number of nitrogens with zero attached hydrogens (tertiary/aromatic N) is 1. The van der Waals surface area contributed by atoms with Crippen molar-refractivity contribution in [2.75, 3.05) is 6.54 Å². The molecular formula is C21H27ClF3N3O4. The molecule has 1 saturated carbocycles. The number of likely N-dealkylation sites (tertiary alicyclic amines) is 1. The molecule has 1 saturated heterocycles. The molecule has 2 fully saturated rings. The van der Waals surface area contributed by atoms with Gasteiger partial charge in [-0.2, -0.15) is 13.2 Å². The average molecular weight is 478 g/mol. The maximum Gasteiger partial charge on any atom is 0.490 e. The van der Waals surface area contributed by atoms with Crippen LogP contribution in [0.25, 0.3) is 0 Å². The first-order valence-corrected chi connectivity index (χ1v) is 10.5. The summed E-state index contributed by atoms with van der Waals surface area (Å²) in [6.07, 6.45) is -2.56. The lowest BCUT2D eigenvalue weighted by Crippen LogP contribution is -2.46. The third-order valence-corrected chi connectivity index (χ3v) is 5.97. The van der Waals surface area contributed by atoms with Crippen LogP contribution in [0.3, 0.4) is 0 Å². The monoisotopic (exact) mass is 477 g/mol. The van der Waals surface area contributed by atoms with Gasteiger partial charge in [0.2, 0.25) is 11.8 Å². The first-order chi connectivity index (χ1) is 14.8. The molecule has 0 bridgehead atoms. The Morgan fingerprint density at radius 1 is 1.28 bits per heavy atom. The second-order valence-electron chi connectivity index (χ2n) is 8.57. The van der Waals surface area contributed by atoms with Crippen LogP contribution in [0.15, 0.2) is 18.2 Å². The zero-order chi connectivity index (χ0) is 24.3. The molecule has 11 heteroatoms. The van der Waals surface area contributed by atoms with Gasteiger partial charge in [-0.3, -0.25) is 9.59 Å². The van der Waals surface area contributed by atoms with Crippen LogP contribution in [-0.4, -0.2) is 46.6 Å². The fraction of sp³-hybridized carbons (Fsp3) is 0.571. The summed E-state index contributed by atoms with van der Waals surface area (Å²) in [5, 5.41) is 10.7. The lowest BCUT2D eigenvalue weighted by atomic mass is 10.1. The van der Waals surface area contributed by atoms with Crippen molar-refractivity contribution >= 4 is 29.4 Å². The minimum absolute atomic E-state index is 0.0673. The first kappa shape index (κ1) is 25.9. The van der Waals surface area contributed by atoms with E-state index in [-0.39, 0.29) is 29.2 Å². The van der Waals surface area contributed by atoms with E-state index in [9.17, 15) is 22.8 Å². The summed E-state index contributed by atoms with van der Waals surface area (Å²) in [6.45, 7) is 5.66. The molecule has 1 aromatic carbocycles. The molecule has 3 rings (SSSR count). The predicted octanol–water partition coefficient (Wildman–Crippen LogP) is 3.09. The highest BCUT2D eigenvalue weighted by Crippen LogP contribution is 2.53. The molecule has 2 amide bonds. The third kappa shape index (κ3) is 6.59. The molecule has 1 aromatic rings. The topological polar surface area (TPSA) is 113 Å². The fourth-order valence-electron chi connectivity index (χ4n) is 3.65. The number of halogens is 4. The van der Waals surface area contributed by atoms with Crippen LogP contribution >= 0.6 is 11.6 Å². The molecule has 0 spiro atoms. The Bertz CT molecular complexity index is 876. The molecular weight excluding hydrogens is 451 g/mol. The van der Waals surface area contributed by atoms with Crippen LogP contribution < -0.4 is 11.1 Å². The Hall–Kier alpha value is -2.33. The second kappa shape index (κ2) is 10.1. The first-order valence-electron chi connectivity index (χ1n) is 10.1. The Morgan fingerprint density at radius 3 is 2.38 bits per heavy atom. The molecule has 32 heavy (non-hydrogen) atoms. The molecule has 2 aliphatic rings. The number of amides is 2. The number of benzene rings is 1. The molecule has 2 atom stereocenters. The van der Waals surface area contributed by atoms with Gasteiger partial charge in [0.1, 0.15) is 6.04 Å². The van der Waals surface area contributed by atoms with Gasteiger partial charge in [0.25, 0.3) is 0 Å². The molecule has 0 unspecified atom stereocenters. The van der Waals surface area contributed by atoms with E-state index in [0.29, 0.717) is 24.7 Å². The maximum atomic E-state index is 12.7. The zero-order valence-electron chi connectivity index (χ0n) is 17.8. The van der Waals surface area contributed by atoms with Crippen LogP contribution in [0, 0.1) is 11.3 Å². The summed E-state index contributed by atoms with van der Waals surface area (Å²) in [6, 6.07) is 5.15. The van der Waals surface area contributed by atoms with Crippen molar-refractivity contribution in [2.45, 2.75) is 58.4 Å². The molecule has 1 heterocycles. The quantitative estimate of drug-likeness (QED) is 0.603. The van der Waals surface area contributed by atoms with Crippen molar-refractivity contribution in [2.24, 2.45) is 17.1 Å². The van der Waals surface area contributed by atoms with Crippen molar-refractivity contribution in [1.29, 1.82) is 0 Å². The highest BCUT2D eigenvalue weighted by molar-refractivity contribution is 6.30. The average Bonchev–Trinajstić information content (AvgIpc) is 3.11. The van der Waals surface area contributed by atoms with Crippen LogP contribution in [0.5, 0.6) is 0 Å². The fourth-order valence-corrected chi connectivity index (χ4v) is 3.85. The molecule has 7 nitrogen and oxygen atoms in total. The standard InChI is InChI=1S/C19H26ClN3O2.C2HF3O2/c1-19(2)9-15(19)18(25)23-7-3-4-16(23)17(24)22-11-13-8-14(20)6-5-12(13)10-21;3-2(4,5)1(6)7/h5-6,8,15-16H,3-4,7,9-11,21H2,1-2H3,(H,22,24);(H,6,7)/t15-,16+;/m1./s1. The largest absolute Gasteiger partial charge is 0.490 e. The third-order valence-electron chi connectivity index (χ3n) is 5.73. The minimum atomic E-state index is -5.08. The van der Waals surface area contributed by atoms with E-state index in [1.165, 1.54) is 0 Å². The number of aliphatic carboxylic acids is 1. The Labute approximate surface area is 189 Å². The van der Waals surface area contributed by atoms with E-state index < -0.39 is 12.1 Å². The number of hydrogen-bond acceptors (Lipinski definition) is 4. The molecule has 0 radical (unpaired) electrons. The van der Waals surface area contributed by atoms with Gasteiger partial charge in [-0.05, 0) is 47.9 Å². The van der Waals surface area contributed by atoms with Gasteiger partial charge in [-0.15, -0.1) is 0 Å². The number of rotatable bonds is 5. The molecule has 4 N–H and O–H groups in total. The predicted molar refractivity (Wildman–Crippen MR) is 112 cm³/mol. The van der Waals surface area contributed by atoms with Crippen molar-refractivity contribution in [3.63, 3.8) is 0 Å². The number of alkyl halides is 3. The lowest BCUT2D eigenvalue weighted by molar-refractivity contribution is -0.192. The Morgan fingerprint density at radius 2 is 1.88 bits per heavy atom. The summed E-state index contributed by atoms with van der Waals surface area (Å²) >= 11 is 6.04. The van der Waals surface area contributed by atoms with E-state index >= 15 is 0 Å². The molecule has 178 valence electrons. The van der Waals surface area contributed by atoms with E-state index in [0.717, 1.165) is 30.4 Å². The lowest BCUT2D eigenvalue weighted by Gasteiger charge is -2.25. The number of carbonyl (C=O) groups is 3. The number of carboxylic acid groups (broad SMARTS) is 1. The van der Waals surface area contributed by atoms with Crippen LogP contribution in [0.2, 0.25) is 5.02 Å². The molecule has 1 aliphatic heterocycles. The molecule has 1 aliphatic carbocycles. The zero-order valence-corrected chi connectivity index (χ0v) is 18.6. The summed E-state index contributed by atoms with van der Waals surface area (Å²) < 4.78 is 31.7. The smallest absolute Gasteiger partial charge is 0.475 e. The van der Waals surface area contributed by atoms with Gasteiger partial charge in [-0.25, -0.2) is 4.79 Å². The number of carbonyl (C=O) groups excluding carboxylic acids is 2. The van der Waals surface area contributed by atoms with Crippen LogP contribution in [0.4, 0.5) is 13.2 Å². The molecule has 0 aromatic heterocycles. The van der Waals surface area contributed by atoms with Crippen molar-refractivity contribution in [1.82, 2.24) is 10.2 Å². The van der Waals surface area contributed by atoms with E-state index in [1.54, 1.807) is 11.0 Å². The van der Waals surface area contributed by atoms with Gasteiger partial charge >= 0.3 is 12.1 Å². The van der Waals surface area contributed by atoms with Gasteiger partial charge in [0.05, 0.1) is 0 Å². The second-order valence-corrected chi connectivity index (χ2v) is 9.01. The van der Waals surface area contributed by atoms with Gasteiger partial charge in [0.15, 0.2) is 0 Å². The summed E-state index contributed by atoms with van der Waals surface area (Å²) in [5.41, 5.74) is 7.71. The van der Waals surface area contributed by atoms with E-state index in [1.807, 2.05) is 12.1 Å². The normalized spacial score (nSPS) is 21.4. The number of hydrogen-bond donors (Lipinski definition) is 3. The maximum absolute atomic E-state index is 12.7. The SMILES string of the molecule is CC1(C)C[C@@H]1C(=O)N1CCC[C@H]1C(=O)NCc1cc(Cl)ccc1CN.O=C(O)C(F)(F)F. The number of carboxylic acids is 1. The minimum Gasteiger partial charge on any atom is -0.475 e. The highest BCUT2D eigenvalue weighted by atomic mass is 35.5. The van der Waals surface area contributed by atoms with Gasteiger partial charge in [0, 0.05) is 30.6 Å².